The molecule has 3 aromatic carbocycles. The first kappa shape index (κ1) is 17.1. The first-order valence-corrected chi connectivity index (χ1v) is 8.05. The lowest BCUT2D eigenvalue weighted by Gasteiger charge is -2.21. The van der Waals surface area contributed by atoms with Crippen molar-refractivity contribution in [2.45, 2.75) is 18.6 Å². The molecular weight excluding hydrogens is 323 g/mol. The Balaban J connectivity index is 1.87. The van der Waals surface area contributed by atoms with Crippen LogP contribution in [0.1, 0.15) is 22.7 Å². The van der Waals surface area contributed by atoms with Crippen molar-refractivity contribution in [1.29, 1.82) is 0 Å². The van der Waals surface area contributed by atoms with Gasteiger partial charge in [-0.25, -0.2) is 0 Å². The quantitative estimate of drug-likeness (QED) is 0.591. The van der Waals surface area contributed by atoms with E-state index in [1.807, 2.05) is 60.7 Å². The third-order valence-corrected chi connectivity index (χ3v) is 4.04. The summed E-state index contributed by atoms with van der Waals surface area (Å²) in [7, 11) is 0. The third-order valence-electron chi connectivity index (χ3n) is 4.04. The predicted molar refractivity (Wildman–Crippen MR) is 94.4 cm³/mol. The monoisotopic (exact) mass is 341 g/mol. The van der Waals surface area contributed by atoms with Gasteiger partial charge in [0, 0.05) is 5.69 Å². The Bertz CT molecular complexity index is 739. The lowest BCUT2D eigenvalue weighted by atomic mass is 9.97. The van der Waals surface area contributed by atoms with Crippen molar-refractivity contribution in [3.8, 4) is 0 Å². The number of rotatable bonds is 5. The van der Waals surface area contributed by atoms with Crippen LogP contribution >= 0.6 is 0 Å². The van der Waals surface area contributed by atoms with E-state index in [1.165, 1.54) is 0 Å². The van der Waals surface area contributed by atoms with Crippen molar-refractivity contribution in [3.63, 3.8) is 0 Å². The Morgan fingerprint density at radius 2 is 1.28 bits per heavy atom. The molecule has 0 fully saturated rings. The van der Waals surface area contributed by atoms with Gasteiger partial charge in [0.25, 0.3) is 0 Å². The van der Waals surface area contributed by atoms with Crippen LogP contribution in [0.5, 0.6) is 0 Å². The van der Waals surface area contributed by atoms with Crippen molar-refractivity contribution >= 4 is 5.69 Å². The molecule has 128 valence electrons. The van der Waals surface area contributed by atoms with E-state index in [4.69, 9.17) is 0 Å². The van der Waals surface area contributed by atoms with E-state index in [0.717, 1.165) is 28.9 Å². The molecular formula is C21H18F3N. The number of hydrogen-bond donors (Lipinski definition) is 1. The average Bonchev–Trinajstić information content (AvgIpc) is 2.62. The van der Waals surface area contributed by atoms with Gasteiger partial charge in [0.15, 0.2) is 0 Å². The Hall–Kier alpha value is -2.75. The predicted octanol–water partition coefficient (Wildman–Crippen LogP) is 6.10. The fourth-order valence-electron chi connectivity index (χ4n) is 2.74. The van der Waals surface area contributed by atoms with Crippen LogP contribution in [-0.4, -0.2) is 0 Å². The van der Waals surface area contributed by atoms with E-state index in [1.54, 1.807) is 12.1 Å². The van der Waals surface area contributed by atoms with Gasteiger partial charge in [-0.3, -0.25) is 0 Å². The van der Waals surface area contributed by atoms with E-state index in [9.17, 15) is 13.2 Å². The van der Waals surface area contributed by atoms with Crippen LogP contribution in [0.3, 0.4) is 0 Å². The minimum atomic E-state index is -4.32. The summed E-state index contributed by atoms with van der Waals surface area (Å²) in [6.07, 6.45) is -3.64. The van der Waals surface area contributed by atoms with Crippen LogP contribution in [-0.2, 0) is 12.6 Å². The minimum absolute atomic E-state index is 0.118. The molecule has 0 aliphatic heterocycles. The number of alkyl halides is 3. The number of anilines is 1. The maximum atomic E-state index is 12.8. The lowest BCUT2D eigenvalue weighted by molar-refractivity contribution is -0.137. The Morgan fingerprint density at radius 1 is 0.720 bits per heavy atom. The summed E-state index contributed by atoms with van der Waals surface area (Å²) in [4.78, 5) is 0. The molecule has 1 atom stereocenters. The summed E-state index contributed by atoms with van der Waals surface area (Å²) >= 11 is 0. The first-order valence-electron chi connectivity index (χ1n) is 8.05. The van der Waals surface area contributed by atoms with Crippen molar-refractivity contribution in [2.75, 3.05) is 5.32 Å². The molecule has 1 N–H and O–H groups in total. The van der Waals surface area contributed by atoms with Crippen LogP contribution in [0.15, 0.2) is 84.9 Å². The molecule has 0 saturated heterocycles. The molecule has 1 nitrogen and oxygen atoms in total. The number of nitrogens with one attached hydrogen (secondary N) is 1. The first-order chi connectivity index (χ1) is 12.0. The highest BCUT2D eigenvalue weighted by molar-refractivity contribution is 5.46. The van der Waals surface area contributed by atoms with Crippen molar-refractivity contribution in [2.24, 2.45) is 0 Å². The largest absolute Gasteiger partial charge is 0.416 e. The fraction of sp³-hybridized carbons (Fsp3) is 0.143. The maximum absolute atomic E-state index is 12.8. The standard InChI is InChI=1S/C21H18F3N/c22-21(23,24)18-13-11-17(12-14-18)20(15-16-7-3-1-4-8-16)25-19-9-5-2-6-10-19/h1-14,20,25H,15H2/t20-/m1/s1. The summed E-state index contributed by atoms with van der Waals surface area (Å²) in [6, 6.07) is 24.8. The van der Waals surface area contributed by atoms with E-state index in [2.05, 4.69) is 5.32 Å². The molecule has 4 heteroatoms. The average molecular weight is 341 g/mol. The van der Waals surface area contributed by atoms with E-state index >= 15 is 0 Å². The molecule has 0 spiro atoms. The Morgan fingerprint density at radius 3 is 1.84 bits per heavy atom. The number of halogens is 3. The molecule has 3 aromatic rings. The van der Waals surface area contributed by atoms with Crippen molar-refractivity contribution in [3.05, 3.63) is 102 Å². The minimum Gasteiger partial charge on any atom is -0.378 e. The highest BCUT2D eigenvalue weighted by atomic mass is 19.4. The molecule has 3 rings (SSSR count). The zero-order valence-corrected chi connectivity index (χ0v) is 13.5. The lowest BCUT2D eigenvalue weighted by Crippen LogP contribution is -2.14. The van der Waals surface area contributed by atoms with Crippen LogP contribution < -0.4 is 5.32 Å². The van der Waals surface area contributed by atoms with Gasteiger partial charge >= 0.3 is 6.18 Å². The fourth-order valence-corrected chi connectivity index (χ4v) is 2.74. The maximum Gasteiger partial charge on any atom is 0.416 e. The Kier molecular flexibility index (Phi) is 5.08. The molecule has 0 amide bonds. The number of hydrogen-bond acceptors (Lipinski definition) is 1. The molecule has 0 aliphatic carbocycles. The molecule has 0 unspecified atom stereocenters. The van der Waals surface area contributed by atoms with Gasteiger partial charge < -0.3 is 5.32 Å². The topological polar surface area (TPSA) is 12.0 Å². The third kappa shape index (κ3) is 4.63. The second kappa shape index (κ2) is 7.43. The van der Waals surface area contributed by atoms with E-state index < -0.39 is 11.7 Å². The summed E-state index contributed by atoms with van der Waals surface area (Å²) in [5.74, 6) is 0. The highest BCUT2D eigenvalue weighted by Crippen LogP contribution is 2.31. The van der Waals surface area contributed by atoms with Gasteiger partial charge in [0.05, 0.1) is 11.6 Å². The second-order valence-corrected chi connectivity index (χ2v) is 5.87. The van der Waals surface area contributed by atoms with E-state index in [-0.39, 0.29) is 6.04 Å². The summed E-state index contributed by atoms with van der Waals surface area (Å²) in [6.45, 7) is 0. The molecule has 0 aromatic heterocycles. The second-order valence-electron chi connectivity index (χ2n) is 5.87. The number of para-hydroxylation sites is 1. The zero-order valence-electron chi connectivity index (χ0n) is 13.5. The van der Waals surface area contributed by atoms with Gasteiger partial charge in [-0.2, -0.15) is 13.2 Å². The SMILES string of the molecule is FC(F)(F)c1ccc([C@@H](Cc2ccccc2)Nc2ccccc2)cc1. The van der Waals surface area contributed by atoms with Crippen LogP contribution in [0.2, 0.25) is 0 Å². The van der Waals surface area contributed by atoms with Gasteiger partial charge in [-0.1, -0.05) is 60.7 Å². The molecule has 0 heterocycles. The molecule has 0 bridgehead atoms. The zero-order chi connectivity index (χ0) is 17.7. The Labute approximate surface area is 145 Å². The van der Waals surface area contributed by atoms with Gasteiger partial charge in [-0.05, 0) is 41.8 Å². The van der Waals surface area contributed by atoms with Gasteiger partial charge in [0.1, 0.15) is 0 Å². The summed E-state index contributed by atoms with van der Waals surface area (Å²) < 4.78 is 38.4. The molecule has 0 radical (unpaired) electrons. The van der Waals surface area contributed by atoms with Crippen LogP contribution in [0.25, 0.3) is 0 Å². The molecule has 0 aliphatic rings. The van der Waals surface area contributed by atoms with Gasteiger partial charge in [0.2, 0.25) is 0 Å². The highest BCUT2D eigenvalue weighted by Gasteiger charge is 2.30. The molecule has 0 saturated carbocycles. The number of benzene rings is 3. The van der Waals surface area contributed by atoms with Crippen molar-refractivity contribution in [1.82, 2.24) is 0 Å². The van der Waals surface area contributed by atoms with E-state index in [0.29, 0.717) is 6.42 Å². The molecule has 25 heavy (non-hydrogen) atoms. The summed E-state index contributed by atoms with van der Waals surface area (Å²) in [5.41, 5.74) is 2.24. The van der Waals surface area contributed by atoms with Crippen LogP contribution in [0, 0.1) is 0 Å². The smallest absolute Gasteiger partial charge is 0.378 e. The summed E-state index contributed by atoms with van der Waals surface area (Å²) in [5, 5.41) is 3.42. The normalized spacial score (nSPS) is 12.6. The van der Waals surface area contributed by atoms with Crippen LogP contribution in [0.4, 0.5) is 18.9 Å². The van der Waals surface area contributed by atoms with Gasteiger partial charge in [-0.15, -0.1) is 0 Å². The van der Waals surface area contributed by atoms with Crippen molar-refractivity contribution < 1.29 is 13.2 Å².